The van der Waals surface area contributed by atoms with E-state index in [9.17, 15) is 0 Å². The average Bonchev–Trinajstić information content (AvgIpc) is 2.94. The minimum absolute atomic E-state index is 0.743. The Morgan fingerprint density at radius 3 is 2.11 bits per heavy atom. The van der Waals surface area contributed by atoms with E-state index in [4.69, 9.17) is 14.2 Å². The number of benzene rings is 4. The molecule has 0 bridgehead atoms. The quantitative estimate of drug-likeness (QED) is 0.258. The van der Waals surface area contributed by atoms with E-state index in [1.54, 1.807) is 14.2 Å². The zero-order valence-electron chi connectivity index (χ0n) is 21.3. The van der Waals surface area contributed by atoms with Gasteiger partial charge in [0.25, 0.3) is 0 Å². The molecule has 0 saturated carbocycles. The summed E-state index contributed by atoms with van der Waals surface area (Å²) in [4.78, 5) is 2.51. The molecule has 0 aliphatic carbocycles. The smallest absolute Gasteiger partial charge is 0.119 e. The normalized spacial score (nSPS) is 14.1. The molecule has 0 atom stereocenters. The number of fused-ring (bicyclic) bond motifs is 1. The van der Waals surface area contributed by atoms with Gasteiger partial charge >= 0.3 is 0 Å². The number of piperidine rings is 1. The van der Waals surface area contributed by atoms with Crippen LogP contribution in [0.4, 0.5) is 0 Å². The number of nitrogens with zero attached hydrogens (tertiary/aromatic N) is 1. The van der Waals surface area contributed by atoms with Crippen molar-refractivity contribution in [3.05, 3.63) is 90.0 Å². The van der Waals surface area contributed by atoms with Crippen LogP contribution < -0.4 is 14.2 Å². The van der Waals surface area contributed by atoms with Crippen LogP contribution in [0.1, 0.15) is 30.4 Å². The first-order chi connectivity index (χ1) is 17.7. The van der Waals surface area contributed by atoms with Crippen molar-refractivity contribution in [1.29, 1.82) is 0 Å². The minimum atomic E-state index is 0.743. The molecule has 0 amide bonds. The lowest BCUT2D eigenvalue weighted by Crippen LogP contribution is -2.33. The van der Waals surface area contributed by atoms with Crippen molar-refractivity contribution in [3.63, 3.8) is 0 Å². The molecule has 4 aromatic carbocycles. The Labute approximate surface area is 214 Å². The van der Waals surface area contributed by atoms with E-state index in [1.165, 1.54) is 65.4 Å². The molecule has 186 valence electrons. The molecule has 36 heavy (non-hydrogen) atoms. The van der Waals surface area contributed by atoms with Crippen LogP contribution >= 0.6 is 0 Å². The molecule has 4 aromatic rings. The topological polar surface area (TPSA) is 30.9 Å². The van der Waals surface area contributed by atoms with Gasteiger partial charge in [-0.05, 0) is 108 Å². The Morgan fingerprint density at radius 1 is 0.667 bits per heavy atom. The summed E-state index contributed by atoms with van der Waals surface area (Å²) in [5, 5.41) is 2.37. The van der Waals surface area contributed by atoms with Crippen LogP contribution in [0.25, 0.3) is 21.9 Å². The molecule has 1 aliphatic rings. The maximum atomic E-state index is 6.03. The predicted octanol–water partition coefficient (Wildman–Crippen LogP) is 6.98. The van der Waals surface area contributed by atoms with Gasteiger partial charge in [0.2, 0.25) is 0 Å². The molecule has 1 fully saturated rings. The number of rotatable bonds is 9. The highest BCUT2D eigenvalue weighted by molar-refractivity contribution is 5.89. The molecule has 0 aromatic heterocycles. The third-order valence-electron chi connectivity index (χ3n) is 7.11. The average molecular weight is 482 g/mol. The van der Waals surface area contributed by atoms with Crippen molar-refractivity contribution in [2.75, 3.05) is 40.5 Å². The lowest BCUT2D eigenvalue weighted by molar-refractivity contribution is 0.183. The van der Waals surface area contributed by atoms with Crippen molar-refractivity contribution in [2.24, 2.45) is 0 Å². The van der Waals surface area contributed by atoms with Crippen LogP contribution in [-0.4, -0.2) is 45.4 Å². The number of likely N-dealkylation sites (tertiary alicyclic amines) is 1. The Bertz CT molecular complexity index is 1290. The fourth-order valence-electron chi connectivity index (χ4n) is 5.04. The Morgan fingerprint density at radius 2 is 1.33 bits per heavy atom. The molecule has 0 unspecified atom stereocenters. The first kappa shape index (κ1) is 24.2. The monoisotopic (exact) mass is 481 g/mol. The number of hydrogen-bond acceptors (Lipinski definition) is 4. The number of hydrogen-bond donors (Lipinski definition) is 0. The van der Waals surface area contributed by atoms with Gasteiger partial charge in [0, 0.05) is 6.54 Å². The highest BCUT2D eigenvalue weighted by atomic mass is 16.5. The Balaban J connectivity index is 1.32. The first-order valence-corrected chi connectivity index (χ1v) is 12.9. The third-order valence-corrected chi connectivity index (χ3v) is 7.11. The zero-order valence-corrected chi connectivity index (χ0v) is 21.3. The van der Waals surface area contributed by atoms with Gasteiger partial charge in [-0.3, -0.25) is 4.90 Å². The van der Waals surface area contributed by atoms with Gasteiger partial charge in [-0.2, -0.15) is 0 Å². The summed E-state index contributed by atoms with van der Waals surface area (Å²) in [7, 11) is 3.42. The largest absolute Gasteiger partial charge is 0.497 e. The molecular weight excluding hydrogens is 446 g/mol. The van der Waals surface area contributed by atoms with E-state index in [0.717, 1.165) is 36.8 Å². The standard InChI is InChI=1S/C32H35NO3/c1-34-30-13-10-25-21-27(9-8-26(25)22-30)32-15-14-31(35-2)23-28(32)20-24-6-11-29(12-7-24)36-19-18-33-16-4-3-5-17-33/h6-15,21-23H,3-5,16-20H2,1-2H3. The molecule has 0 radical (unpaired) electrons. The lowest BCUT2D eigenvalue weighted by atomic mass is 9.93. The summed E-state index contributed by atoms with van der Waals surface area (Å²) in [5.74, 6) is 2.68. The second-order valence-corrected chi connectivity index (χ2v) is 9.52. The van der Waals surface area contributed by atoms with Crippen molar-refractivity contribution in [3.8, 4) is 28.4 Å². The SMILES string of the molecule is COc1ccc(-c2ccc3cc(OC)ccc3c2)c(Cc2ccc(OCCN3CCCCC3)cc2)c1. The molecule has 0 spiro atoms. The van der Waals surface area contributed by atoms with Crippen LogP contribution in [0.5, 0.6) is 17.2 Å². The van der Waals surface area contributed by atoms with Crippen LogP contribution in [0, 0.1) is 0 Å². The number of methoxy groups -OCH3 is 2. The van der Waals surface area contributed by atoms with Crippen molar-refractivity contribution in [2.45, 2.75) is 25.7 Å². The zero-order chi connectivity index (χ0) is 24.7. The molecule has 1 heterocycles. The van der Waals surface area contributed by atoms with Crippen molar-refractivity contribution in [1.82, 2.24) is 4.90 Å². The van der Waals surface area contributed by atoms with Crippen molar-refractivity contribution < 1.29 is 14.2 Å². The molecule has 5 rings (SSSR count). The fourth-order valence-corrected chi connectivity index (χ4v) is 5.04. The lowest BCUT2D eigenvalue weighted by Gasteiger charge is -2.26. The summed E-state index contributed by atoms with van der Waals surface area (Å²) in [6, 6.07) is 27.7. The molecule has 1 aliphatic heterocycles. The maximum absolute atomic E-state index is 6.03. The van der Waals surface area contributed by atoms with Gasteiger partial charge in [0.1, 0.15) is 23.9 Å². The second-order valence-electron chi connectivity index (χ2n) is 9.52. The maximum Gasteiger partial charge on any atom is 0.119 e. The molecular formula is C32H35NO3. The van der Waals surface area contributed by atoms with Crippen LogP contribution in [0.2, 0.25) is 0 Å². The highest BCUT2D eigenvalue weighted by Gasteiger charge is 2.11. The molecule has 4 nitrogen and oxygen atoms in total. The minimum Gasteiger partial charge on any atom is -0.497 e. The number of ether oxygens (including phenoxy) is 3. The summed E-state index contributed by atoms with van der Waals surface area (Å²) < 4.78 is 17.0. The van der Waals surface area contributed by atoms with Gasteiger partial charge in [-0.15, -0.1) is 0 Å². The van der Waals surface area contributed by atoms with Gasteiger partial charge in [-0.1, -0.05) is 42.8 Å². The van der Waals surface area contributed by atoms with Crippen LogP contribution in [0.15, 0.2) is 78.9 Å². The highest BCUT2D eigenvalue weighted by Crippen LogP contribution is 2.32. The summed E-state index contributed by atoms with van der Waals surface area (Å²) in [5.41, 5.74) is 4.90. The van der Waals surface area contributed by atoms with E-state index < -0.39 is 0 Å². The third kappa shape index (κ3) is 5.83. The molecule has 0 N–H and O–H groups in total. The van der Waals surface area contributed by atoms with Crippen LogP contribution in [0.3, 0.4) is 0 Å². The van der Waals surface area contributed by atoms with E-state index >= 15 is 0 Å². The Kier molecular flexibility index (Phi) is 7.73. The van der Waals surface area contributed by atoms with Gasteiger partial charge in [-0.25, -0.2) is 0 Å². The predicted molar refractivity (Wildman–Crippen MR) is 148 cm³/mol. The summed E-state index contributed by atoms with van der Waals surface area (Å²) in [6.45, 7) is 4.16. The summed E-state index contributed by atoms with van der Waals surface area (Å²) in [6.07, 6.45) is 4.81. The second kappa shape index (κ2) is 11.5. The van der Waals surface area contributed by atoms with E-state index in [0.29, 0.717) is 0 Å². The van der Waals surface area contributed by atoms with Gasteiger partial charge in [0.15, 0.2) is 0 Å². The summed E-state index contributed by atoms with van der Waals surface area (Å²) >= 11 is 0. The van der Waals surface area contributed by atoms with Gasteiger partial charge < -0.3 is 14.2 Å². The van der Waals surface area contributed by atoms with E-state index in [2.05, 4.69) is 71.6 Å². The van der Waals surface area contributed by atoms with Crippen molar-refractivity contribution >= 4 is 10.8 Å². The molecule has 1 saturated heterocycles. The van der Waals surface area contributed by atoms with Gasteiger partial charge in [0.05, 0.1) is 14.2 Å². The van der Waals surface area contributed by atoms with E-state index in [1.807, 2.05) is 12.1 Å². The Hall–Kier alpha value is -3.50. The fraction of sp³-hybridized carbons (Fsp3) is 0.312. The van der Waals surface area contributed by atoms with Crippen LogP contribution in [-0.2, 0) is 6.42 Å². The first-order valence-electron chi connectivity index (χ1n) is 12.9. The molecule has 4 heteroatoms. The van der Waals surface area contributed by atoms with E-state index in [-0.39, 0.29) is 0 Å².